The quantitative estimate of drug-likeness (QED) is 0.587. The highest BCUT2D eigenvalue weighted by Crippen LogP contribution is 2.32. The number of hydrogen-bond donors (Lipinski definition) is 0. The summed E-state index contributed by atoms with van der Waals surface area (Å²) >= 11 is 1.56. The molecule has 0 saturated carbocycles. The van der Waals surface area contributed by atoms with Gasteiger partial charge in [-0.15, -0.1) is 0 Å². The summed E-state index contributed by atoms with van der Waals surface area (Å²) in [5, 5.41) is 0.676. The van der Waals surface area contributed by atoms with Crippen molar-refractivity contribution in [2.24, 2.45) is 0 Å². The molecule has 0 bridgehead atoms. The number of sulfonamides is 1. The molecule has 1 aromatic heterocycles. The van der Waals surface area contributed by atoms with E-state index in [9.17, 15) is 8.42 Å². The largest absolute Gasteiger partial charge is 0.467 e. The van der Waals surface area contributed by atoms with E-state index < -0.39 is 10.0 Å². The number of para-hydroxylation sites is 1. The van der Waals surface area contributed by atoms with Crippen LogP contribution in [-0.4, -0.2) is 36.9 Å². The van der Waals surface area contributed by atoms with Crippen molar-refractivity contribution in [3.05, 3.63) is 53.1 Å². The molecule has 0 atom stereocenters. The lowest BCUT2D eigenvalue weighted by atomic mass is 9.92. The van der Waals surface area contributed by atoms with Crippen LogP contribution in [0.4, 0.5) is 0 Å². The molecule has 3 aromatic rings. The smallest absolute Gasteiger partial charge is 0.274 e. The molecule has 0 N–H and O–H groups in total. The van der Waals surface area contributed by atoms with E-state index in [2.05, 4.69) is 24.0 Å². The second-order valence-electron chi connectivity index (χ2n) is 8.26. The molecule has 2 heterocycles. The number of thiazole rings is 1. The van der Waals surface area contributed by atoms with Crippen LogP contribution < -0.4 is 4.74 Å². The van der Waals surface area contributed by atoms with Gasteiger partial charge in [0.2, 0.25) is 10.0 Å². The van der Waals surface area contributed by atoms with Crippen molar-refractivity contribution in [3.8, 4) is 5.19 Å². The third-order valence-electron chi connectivity index (χ3n) is 6.23. The van der Waals surface area contributed by atoms with Crippen LogP contribution in [0.2, 0.25) is 0 Å². The summed E-state index contributed by atoms with van der Waals surface area (Å²) in [6.45, 7) is 3.01. The number of ether oxygens (including phenoxy) is 1. The molecular formula is C23H26N2O3S2. The topological polar surface area (TPSA) is 59.5 Å². The summed E-state index contributed by atoms with van der Waals surface area (Å²) in [6.07, 6.45) is 5.74. The van der Waals surface area contributed by atoms with Crippen molar-refractivity contribution in [2.75, 3.05) is 13.1 Å². The maximum Gasteiger partial charge on any atom is 0.274 e. The van der Waals surface area contributed by atoms with Crippen molar-refractivity contribution in [2.45, 2.75) is 56.4 Å². The Balaban J connectivity index is 1.26. The van der Waals surface area contributed by atoms with Crippen LogP contribution in [0, 0.1) is 6.92 Å². The number of rotatable bonds is 4. The Morgan fingerprint density at radius 3 is 2.60 bits per heavy atom. The van der Waals surface area contributed by atoms with E-state index in [1.165, 1.54) is 17.5 Å². The van der Waals surface area contributed by atoms with Crippen LogP contribution in [0.25, 0.3) is 10.2 Å². The molecule has 0 radical (unpaired) electrons. The third-order valence-corrected chi connectivity index (χ3v) is 9.03. The Hall–Kier alpha value is -1.96. The minimum Gasteiger partial charge on any atom is -0.467 e. The molecule has 0 spiro atoms. The maximum absolute atomic E-state index is 13.2. The fourth-order valence-electron chi connectivity index (χ4n) is 4.47. The van der Waals surface area contributed by atoms with Gasteiger partial charge in [-0.05, 0) is 80.3 Å². The minimum absolute atomic E-state index is 0.000788. The van der Waals surface area contributed by atoms with Crippen LogP contribution >= 0.6 is 11.3 Å². The Kier molecular flexibility index (Phi) is 5.29. The molecule has 0 unspecified atom stereocenters. The van der Waals surface area contributed by atoms with Gasteiger partial charge in [-0.1, -0.05) is 29.5 Å². The number of hydrogen-bond acceptors (Lipinski definition) is 5. The first-order valence-electron chi connectivity index (χ1n) is 10.7. The van der Waals surface area contributed by atoms with Gasteiger partial charge < -0.3 is 4.74 Å². The zero-order valence-electron chi connectivity index (χ0n) is 17.1. The van der Waals surface area contributed by atoms with Crippen molar-refractivity contribution in [1.82, 2.24) is 9.29 Å². The van der Waals surface area contributed by atoms with E-state index in [1.54, 1.807) is 21.7 Å². The zero-order chi connectivity index (χ0) is 20.7. The summed E-state index contributed by atoms with van der Waals surface area (Å²) < 4.78 is 35.2. The SMILES string of the molecule is Cc1cccc2sc(OC3CCN(S(=O)(=O)c4ccc5c(c4)CCCC5)CC3)nc12. The Labute approximate surface area is 181 Å². The first-order chi connectivity index (χ1) is 14.5. The summed E-state index contributed by atoms with van der Waals surface area (Å²) in [5.74, 6) is 0. The third kappa shape index (κ3) is 3.74. The number of fused-ring (bicyclic) bond motifs is 2. The number of piperidine rings is 1. The van der Waals surface area contributed by atoms with Crippen LogP contribution in [0.5, 0.6) is 5.19 Å². The van der Waals surface area contributed by atoms with Crippen molar-refractivity contribution < 1.29 is 13.2 Å². The van der Waals surface area contributed by atoms with Gasteiger partial charge in [0.05, 0.1) is 15.1 Å². The summed E-state index contributed by atoms with van der Waals surface area (Å²) in [4.78, 5) is 5.06. The molecule has 1 saturated heterocycles. The lowest BCUT2D eigenvalue weighted by molar-refractivity contribution is 0.135. The van der Waals surface area contributed by atoms with Crippen molar-refractivity contribution in [3.63, 3.8) is 0 Å². The molecule has 1 aliphatic carbocycles. The highest BCUT2D eigenvalue weighted by molar-refractivity contribution is 7.89. The second-order valence-corrected chi connectivity index (χ2v) is 11.2. The van der Waals surface area contributed by atoms with Crippen LogP contribution in [-0.2, 0) is 22.9 Å². The summed E-state index contributed by atoms with van der Waals surface area (Å²) in [7, 11) is -3.45. The fourth-order valence-corrected chi connectivity index (χ4v) is 6.95. The monoisotopic (exact) mass is 442 g/mol. The molecule has 30 heavy (non-hydrogen) atoms. The van der Waals surface area contributed by atoms with Crippen LogP contribution in [0.15, 0.2) is 41.3 Å². The van der Waals surface area contributed by atoms with E-state index in [4.69, 9.17) is 4.74 Å². The van der Waals surface area contributed by atoms with Gasteiger partial charge >= 0.3 is 0 Å². The van der Waals surface area contributed by atoms with Gasteiger partial charge in [0.25, 0.3) is 5.19 Å². The van der Waals surface area contributed by atoms with Gasteiger partial charge in [-0.3, -0.25) is 0 Å². The Morgan fingerprint density at radius 2 is 1.83 bits per heavy atom. The molecular weight excluding hydrogens is 416 g/mol. The molecule has 1 fully saturated rings. The maximum atomic E-state index is 13.2. The van der Waals surface area contributed by atoms with E-state index in [0.29, 0.717) is 36.0 Å². The number of benzene rings is 2. The minimum atomic E-state index is -3.45. The average Bonchev–Trinajstić information content (AvgIpc) is 3.18. The first kappa shape index (κ1) is 20.0. The lowest BCUT2D eigenvalue weighted by Crippen LogP contribution is -2.41. The van der Waals surface area contributed by atoms with Gasteiger partial charge in [-0.25, -0.2) is 13.4 Å². The number of aryl methyl sites for hydroxylation is 3. The fraction of sp³-hybridized carbons (Fsp3) is 0.435. The summed E-state index contributed by atoms with van der Waals surface area (Å²) in [5.41, 5.74) is 4.64. The Morgan fingerprint density at radius 1 is 1.07 bits per heavy atom. The van der Waals surface area contributed by atoms with Crippen molar-refractivity contribution in [1.29, 1.82) is 0 Å². The molecule has 5 rings (SSSR count). The predicted octanol–water partition coefficient (Wildman–Crippen LogP) is 4.72. The highest BCUT2D eigenvalue weighted by atomic mass is 32.2. The van der Waals surface area contributed by atoms with E-state index in [-0.39, 0.29) is 6.10 Å². The predicted molar refractivity (Wildman–Crippen MR) is 120 cm³/mol. The standard InChI is InChI=1S/C23H26N2O3S2/c1-16-5-4-8-21-22(16)24-23(29-21)28-19-11-13-25(14-12-19)30(26,27)20-10-9-17-6-2-3-7-18(17)15-20/h4-5,8-10,15,19H,2-3,6-7,11-14H2,1H3. The van der Waals surface area contributed by atoms with Crippen molar-refractivity contribution >= 4 is 31.6 Å². The Bertz CT molecular complexity index is 1180. The zero-order valence-corrected chi connectivity index (χ0v) is 18.8. The van der Waals surface area contributed by atoms with Gasteiger partial charge in [0.1, 0.15) is 6.10 Å². The molecule has 158 valence electrons. The van der Waals surface area contributed by atoms with Crippen LogP contribution in [0.3, 0.4) is 0 Å². The number of nitrogens with zero attached hydrogens (tertiary/aromatic N) is 2. The molecule has 2 aliphatic rings. The van der Waals surface area contributed by atoms with E-state index in [0.717, 1.165) is 35.0 Å². The summed E-state index contributed by atoms with van der Waals surface area (Å²) in [6, 6.07) is 11.8. The molecule has 1 aliphatic heterocycles. The molecule has 0 amide bonds. The van der Waals surface area contributed by atoms with Crippen LogP contribution in [0.1, 0.15) is 42.4 Å². The molecule has 7 heteroatoms. The molecule has 5 nitrogen and oxygen atoms in total. The van der Waals surface area contributed by atoms with Gasteiger partial charge in [0.15, 0.2) is 0 Å². The normalized spacial score (nSPS) is 18.4. The van der Waals surface area contributed by atoms with Gasteiger partial charge in [-0.2, -0.15) is 4.31 Å². The first-order valence-corrected chi connectivity index (χ1v) is 12.9. The highest BCUT2D eigenvalue weighted by Gasteiger charge is 2.31. The molecule has 2 aromatic carbocycles. The lowest BCUT2D eigenvalue weighted by Gasteiger charge is -2.31. The average molecular weight is 443 g/mol. The van der Waals surface area contributed by atoms with E-state index in [1.807, 2.05) is 18.2 Å². The van der Waals surface area contributed by atoms with Gasteiger partial charge in [0, 0.05) is 13.1 Å². The second kappa shape index (κ2) is 7.94. The van der Waals surface area contributed by atoms with E-state index >= 15 is 0 Å². The number of aromatic nitrogens is 1.